The molecular formula is C20H38N2. The Balaban J connectivity index is 0. The van der Waals surface area contributed by atoms with Crippen LogP contribution in [0.25, 0.3) is 0 Å². The Morgan fingerprint density at radius 3 is 1.95 bits per heavy atom. The van der Waals surface area contributed by atoms with Crippen molar-refractivity contribution in [3.05, 3.63) is 23.8 Å². The predicted molar refractivity (Wildman–Crippen MR) is 102 cm³/mol. The van der Waals surface area contributed by atoms with Gasteiger partial charge in [-0.3, -0.25) is 0 Å². The molecule has 0 aromatic carbocycles. The Bertz CT molecular complexity index is 332. The molecule has 128 valence electrons. The van der Waals surface area contributed by atoms with Gasteiger partial charge in [-0.1, -0.05) is 43.1 Å². The van der Waals surface area contributed by atoms with Gasteiger partial charge in [0.1, 0.15) is 0 Å². The van der Waals surface area contributed by atoms with E-state index in [4.69, 9.17) is 0 Å². The molecule has 0 aromatic heterocycles. The molecule has 0 aromatic rings. The van der Waals surface area contributed by atoms with E-state index in [9.17, 15) is 0 Å². The highest BCUT2D eigenvalue weighted by molar-refractivity contribution is 5.14. The van der Waals surface area contributed by atoms with E-state index in [1.54, 1.807) is 0 Å². The highest BCUT2D eigenvalue weighted by Gasteiger charge is 2.09. The Morgan fingerprint density at radius 1 is 1.09 bits per heavy atom. The van der Waals surface area contributed by atoms with Gasteiger partial charge in [-0.15, -0.1) is 11.8 Å². The minimum atomic E-state index is 0.483. The molecule has 0 amide bonds. The third-order valence-electron chi connectivity index (χ3n) is 3.93. The summed E-state index contributed by atoms with van der Waals surface area (Å²) in [6, 6.07) is 1.32. The van der Waals surface area contributed by atoms with Crippen LogP contribution in [0.3, 0.4) is 0 Å². The molecule has 1 atom stereocenters. The van der Waals surface area contributed by atoms with Gasteiger partial charge in [-0.05, 0) is 61.6 Å². The highest BCUT2D eigenvalue weighted by atomic mass is 14.9. The third kappa shape index (κ3) is 15.4. The molecule has 2 nitrogen and oxygen atoms in total. The maximum absolute atomic E-state index is 3.30. The van der Waals surface area contributed by atoms with Crippen molar-refractivity contribution in [2.24, 2.45) is 0 Å². The minimum absolute atomic E-state index is 0.483. The van der Waals surface area contributed by atoms with Crippen LogP contribution in [0.2, 0.25) is 0 Å². The maximum atomic E-state index is 3.30. The number of hydrogen-bond donors (Lipinski definition) is 2. The van der Waals surface area contributed by atoms with Crippen LogP contribution in [-0.4, -0.2) is 26.2 Å². The molecule has 0 bridgehead atoms. The first-order valence-electron chi connectivity index (χ1n) is 8.54. The van der Waals surface area contributed by atoms with Gasteiger partial charge in [0.2, 0.25) is 0 Å². The van der Waals surface area contributed by atoms with E-state index in [-0.39, 0.29) is 0 Å². The van der Waals surface area contributed by atoms with Crippen molar-refractivity contribution in [3.8, 4) is 11.8 Å². The number of nitrogens with one attached hydrogen (secondary N) is 2. The van der Waals surface area contributed by atoms with Crippen molar-refractivity contribution < 1.29 is 0 Å². The molecule has 1 unspecified atom stereocenters. The van der Waals surface area contributed by atoms with Crippen LogP contribution in [0.4, 0.5) is 0 Å². The number of hydrogen-bond acceptors (Lipinski definition) is 2. The molecule has 2 N–H and O–H groups in total. The fourth-order valence-electron chi connectivity index (χ4n) is 2.01. The molecule has 1 aliphatic carbocycles. The zero-order chi connectivity index (χ0) is 17.2. The molecule has 0 saturated heterocycles. The largest absolute Gasteiger partial charge is 0.317 e. The number of allylic oxidation sites excluding steroid dienone is 3. The van der Waals surface area contributed by atoms with E-state index in [1.165, 1.54) is 37.7 Å². The van der Waals surface area contributed by atoms with Crippen LogP contribution in [0, 0.1) is 11.8 Å². The van der Waals surface area contributed by atoms with E-state index in [1.807, 2.05) is 33.9 Å². The fourth-order valence-corrected chi connectivity index (χ4v) is 2.01. The number of rotatable bonds is 4. The average molecular weight is 307 g/mol. The van der Waals surface area contributed by atoms with Crippen molar-refractivity contribution in [2.45, 2.75) is 78.8 Å². The quantitative estimate of drug-likeness (QED) is 0.582. The highest BCUT2D eigenvalue weighted by Crippen LogP contribution is 2.16. The standard InChI is InChI=1S/C9H17N.C7H15N.C4H6/c1-5-6-7-8(2)9(3)10-4;1-8-7-5-3-2-4-6-7;1-3-4-2/h5-7,9-10H,1-4H3;7-8H,2-6H2,1H3;1-2H3/b6-5-,8-7+;;. The normalized spacial score (nSPS) is 16.6. The van der Waals surface area contributed by atoms with Crippen LogP contribution >= 0.6 is 0 Å². The molecule has 0 heterocycles. The van der Waals surface area contributed by atoms with E-state index in [0.29, 0.717) is 6.04 Å². The van der Waals surface area contributed by atoms with E-state index in [2.05, 4.69) is 55.5 Å². The van der Waals surface area contributed by atoms with Crippen molar-refractivity contribution in [2.75, 3.05) is 14.1 Å². The minimum Gasteiger partial charge on any atom is -0.317 e. The number of likely N-dealkylation sites (N-methyl/N-ethyl adjacent to an activating group) is 1. The van der Waals surface area contributed by atoms with E-state index >= 15 is 0 Å². The van der Waals surface area contributed by atoms with E-state index in [0.717, 1.165) is 6.04 Å². The maximum Gasteiger partial charge on any atom is 0.0248 e. The van der Waals surface area contributed by atoms with Gasteiger partial charge in [-0.25, -0.2) is 0 Å². The lowest BCUT2D eigenvalue weighted by Crippen LogP contribution is -2.26. The lowest BCUT2D eigenvalue weighted by atomic mass is 9.96. The van der Waals surface area contributed by atoms with Gasteiger partial charge >= 0.3 is 0 Å². The molecule has 1 saturated carbocycles. The van der Waals surface area contributed by atoms with Crippen molar-refractivity contribution in [3.63, 3.8) is 0 Å². The average Bonchev–Trinajstić information content (AvgIpc) is 2.60. The predicted octanol–water partition coefficient (Wildman–Crippen LogP) is 4.68. The topological polar surface area (TPSA) is 24.1 Å². The van der Waals surface area contributed by atoms with Crippen LogP contribution < -0.4 is 10.6 Å². The van der Waals surface area contributed by atoms with Crippen LogP contribution in [0.1, 0.15) is 66.7 Å². The first-order chi connectivity index (χ1) is 10.6. The molecule has 0 aliphatic heterocycles. The van der Waals surface area contributed by atoms with Crippen LogP contribution in [0.15, 0.2) is 23.8 Å². The summed E-state index contributed by atoms with van der Waals surface area (Å²) in [5.41, 5.74) is 1.36. The summed E-state index contributed by atoms with van der Waals surface area (Å²) in [5.74, 6) is 5.36. The van der Waals surface area contributed by atoms with Crippen LogP contribution in [-0.2, 0) is 0 Å². The molecule has 0 radical (unpaired) electrons. The Labute approximate surface area is 139 Å². The zero-order valence-electron chi connectivity index (χ0n) is 15.9. The van der Waals surface area contributed by atoms with Gasteiger partial charge in [-0.2, -0.15) is 0 Å². The summed E-state index contributed by atoms with van der Waals surface area (Å²) >= 11 is 0. The van der Waals surface area contributed by atoms with Crippen molar-refractivity contribution in [1.82, 2.24) is 10.6 Å². The smallest absolute Gasteiger partial charge is 0.0248 e. The lowest BCUT2D eigenvalue weighted by molar-refractivity contribution is 0.394. The first kappa shape index (κ1) is 23.2. The second-order valence-electron chi connectivity index (χ2n) is 5.57. The first-order valence-corrected chi connectivity index (χ1v) is 8.54. The molecule has 2 heteroatoms. The van der Waals surface area contributed by atoms with Crippen molar-refractivity contribution in [1.29, 1.82) is 0 Å². The summed E-state index contributed by atoms with van der Waals surface area (Å²) < 4.78 is 0. The van der Waals surface area contributed by atoms with Gasteiger partial charge in [0.15, 0.2) is 0 Å². The molecule has 1 fully saturated rings. The van der Waals surface area contributed by atoms with Crippen molar-refractivity contribution >= 4 is 0 Å². The summed E-state index contributed by atoms with van der Waals surface area (Å²) in [6.45, 7) is 9.93. The molecule has 0 spiro atoms. The van der Waals surface area contributed by atoms with E-state index < -0.39 is 0 Å². The van der Waals surface area contributed by atoms with Gasteiger partial charge in [0.05, 0.1) is 0 Å². The molecular weight excluding hydrogens is 268 g/mol. The Hall–Kier alpha value is -1.04. The second-order valence-corrected chi connectivity index (χ2v) is 5.57. The van der Waals surface area contributed by atoms with Gasteiger partial charge in [0.25, 0.3) is 0 Å². The fraction of sp³-hybridized carbons (Fsp3) is 0.700. The summed E-state index contributed by atoms with van der Waals surface area (Å²) in [5, 5.41) is 6.48. The van der Waals surface area contributed by atoms with Gasteiger partial charge in [0, 0.05) is 12.1 Å². The third-order valence-corrected chi connectivity index (χ3v) is 3.93. The Kier molecular flexibility index (Phi) is 19.0. The second kappa shape index (κ2) is 18.0. The molecule has 22 heavy (non-hydrogen) atoms. The summed E-state index contributed by atoms with van der Waals surface area (Å²) in [6.07, 6.45) is 13.3. The summed E-state index contributed by atoms with van der Waals surface area (Å²) in [7, 11) is 4.04. The zero-order valence-corrected chi connectivity index (χ0v) is 15.9. The van der Waals surface area contributed by atoms with Crippen LogP contribution in [0.5, 0.6) is 0 Å². The monoisotopic (exact) mass is 306 g/mol. The lowest BCUT2D eigenvalue weighted by Gasteiger charge is -2.20. The Morgan fingerprint density at radius 2 is 1.64 bits per heavy atom. The van der Waals surface area contributed by atoms with Gasteiger partial charge < -0.3 is 10.6 Å². The SMILES string of the molecule is C/C=C\C=C(/C)C(C)NC.CC#CC.CNC1CCCCC1. The summed E-state index contributed by atoms with van der Waals surface area (Å²) in [4.78, 5) is 0. The molecule has 1 rings (SSSR count). The molecule has 1 aliphatic rings.